The van der Waals surface area contributed by atoms with E-state index in [9.17, 15) is 9.59 Å². The molecule has 1 rings (SSSR count). The number of pyridine rings is 1. The number of carbonyl (C=O) groups is 1. The Labute approximate surface area is 108 Å². The lowest BCUT2D eigenvalue weighted by Gasteiger charge is -2.18. The summed E-state index contributed by atoms with van der Waals surface area (Å²) in [6.45, 7) is 9.68. The van der Waals surface area contributed by atoms with Crippen molar-refractivity contribution in [3.05, 3.63) is 33.2 Å². The molecule has 1 aromatic rings. The molecule has 1 heterocycles. The molecule has 0 aliphatic heterocycles. The van der Waals surface area contributed by atoms with E-state index in [1.807, 2.05) is 34.6 Å². The minimum atomic E-state index is -0.441. The van der Waals surface area contributed by atoms with Crippen LogP contribution in [0, 0.1) is 12.3 Å². The number of aryl methyl sites for hydroxylation is 2. The van der Waals surface area contributed by atoms with Gasteiger partial charge in [-0.1, -0.05) is 27.7 Å². The molecule has 0 saturated carbocycles. The second kappa shape index (κ2) is 5.38. The zero-order valence-corrected chi connectivity index (χ0v) is 11.8. The maximum Gasteiger partial charge on any atom is 0.225 e. The second-order valence-corrected chi connectivity index (χ2v) is 5.56. The number of aromatic nitrogens is 1. The molecule has 18 heavy (non-hydrogen) atoms. The predicted molar refractivity (Wildman–Crippen MR) is 72.5 cm³/mol. The van der Waals surface area contributed by atoms with Gasteiger partial charge < -0.3 is 10.3 Å². The minimum Gasteiger partial charge on any atom is -0.362 e. The lowest BCUT2D eigenvalue weighted by molar-refractivity contribution is -0.128. The Hall–Kier alpha value is -1.58. The molecular formula is C14H22N2O2. The van der Waals surface area contributed by atoms with Crippen LogP contribution in [0.1, 0.15) is 44.6 Å². The Morgan fingerprint density at radius 2 is 2.00 bits per heavy atom. The van der Waals surface area contributed by atoms with Crippen LogP contribution in [0.25, 0.3) is 0 Å². The van der Waals surface area contributed by atoms with Crippen molar-refractivity contribution in [2.24, 2.45) is 5.41 Å². The van der Waals surface area contributed by atoms with Gasteiger partial charge in [0.15, 0.2) is 5.43 Å². The molecular weight excluding hydrogens is 228 g/mol. The smallest absolute Gasteiger partial charge is 0.225 e. The first-order valence-electron chi connectivity index (χ1n) is 6.25. The third kappa shape index (κ3) is 3.45. The van der Waals surface area contributed by atoms with Gasteiger partial charge in [0.1, 0.15) is 0 Å². The summed E-state index contributed by atoms with van der Waals surface area (Å²) in [6.07, 6.45) is 0.748. The van der Waals surface area contributed by atoms with Crippen LogP contribution >= 0.6 is 0 Å². The summed E-state index contributed by atoms with van der Waals surface area (Å²) < 4.78 is 0. The number of nitrogens with one attached hydrogen (secondary N) is 2. The molecule has 0 atom stereocenters. The Bertz CT molecular complexity index is 495. The highest BCUT2D eigenvalue weighted by Gasteiger charge is 2.21. The Morgan fingerprint density at radius 1 is 1.39 bits per heavy atom. The Balaban J connectivity index is 2.92. The maximum absolute atomic E-state index is 11.9. The van der Waals surface area contributed by atoms with Crippen LogP contribution in [0.2, 0.25) is 0 Å². The summed E-state index contributed by atoms with van der Waals surface area (Å²) in [6, 6.07) is 1.57. The minimum absolute atomic E-state index is 0.0164. The highest BCUT2D eigenvalue weighted by molar-refractivity contribution is 5.81. The van der Waals surface area contributed by atoms with Crippen molar-refractivity contribution in [2.45, 2.75) is 47.6 Å². The zero-order chi connectivity index (χ0) is 13.9. The first-order chi connectivity index (χ1) is 8.25. The molecule has 0 radical (unpaired) electrons. The number of rotatable bonds is 3. The van der Waals surface area contributed by atoms with Gasteiger partial charge in [-0.25, -0.2) is 0 Å². The first kappa shape index (κ1) is 14.5. The van der Waals surface area contributed by atoms with E-state index in [0.717, 1.165) is 17.8 Å². The van der Waals surface area contributed by atoms with E-state index >= 15 is 0 Å². The number of amides is 1. The Morgan fingerprint density at radius 3 is 2.50 bits per heavy atom. The van der Waals surface area contributed by atoms with Crippen LogP contribution in [0.5, 0.6) is 0 Å². The monoisotopic (exact) mass is 250 g/mol. The van der Waals surface area contributed by atoms with Crippen molar-refractivity contribution in [2.75, 3.05) is 0 Å². The van der Waals surface area contributed by atoms with E-state index in [-0.39, 0.29) is 17.9 Å². The lowest BCUT2D eigenvalue weighted by Crippen LogP contribution is -2.36. The van der Waals surface area contributed by atoms with E-state index in [2.05, 4.69) is 10.3 Å². The fourth-order valence-corrected chi connectivity index (χ4v) is 1.71. The molecule has 4 nitrogen and oxygen atoms in total. The van der Waals surface area contributed by atoms with Crippen molar-refractivity contribution in [1.29, 1.82) is 0 Å². The summed E-state index contributed by atoms with van der Waals surface area (Å²) >= 11 is 0. The summed E-state index contributed by atoms with van der Waals surface area (Å²) in [4.78, 5) is 26.9. The molecule has 0 fully saturated rings. The first-order valence-corrected chi connectivity index (χ1v) is 6.25. The van der Waals surface area contributed by atoms with Crippen molar-refractivity contribution in [3.63, 3.8) is 0 Å². The number of hydrogen-bond acceptors (Lipinski definition) is 2. The van der Waals surface area contributed by atoms with Crippen LogP contribution in [0.3, 0.4) is 0 Å². The third-order valence-corrected chi connectivity index (χ3v) is 2.82. The fourth-order valence-electron chi connectivity index (χ4n) is 1.71. The van der Waals surface area contributed by atoms with Gasteiger partial charge in [-0.2, -0.15) is 0 Å². The SMILES string of the molecule is CCc1[nH]c(C)cc(=O)c1CNC(=O)C(C)(C)C. The summed E-state index contributed by atoms with van der Waals surface area (Å²) in [5.41, 5.74) is 1.94. The van der Waals surface area contributed by atoms with Gasteiger partial charge >= 0.3 is 0 Å². The van der Waals surface area contributed by atoms with Crippen LogP contribution in [-0.4, -0.2) is 10.9 Å². The summed E-state index contributed by atoms with van der Waals surface area (Å²) in [5.74, 6) is -0.0514. The van der Waals surface area contributed by atoms with Gasteiger partial charge in [-0.15, -0.1) is 0 Å². The average Bonchev–Trinajstić information content (AvgIpc) is 2.25. The normalized spacial score (nSPS) is 11.4. The quantitative estimate of drug-likeness (QED) is 0.860. The molecule has 0 unspecified atom stereocenters. The predicted octanol–water partition coefficient (Wildman–Crippen LogP) is 1.91. The van der Waals surface area contributed by atoms with Crippen LogP contribution in [-0.2, 0) is 17.8 Å². The molecule has 0 saturated heterocycles. The van der Waals surface area contributed by atoms with E-state index < -0.39 is 5.41 Å². The standard InChI is InChI=1S/C14H22N2O2/c1-6-11-10(12(17)7-9(2)16-11)8-15-13(18)14(3,4)5/h7H,6,8H2,1-5H3,(H,15,18)(H,16,17). The maximum atomic E-state index is 11.9. The van der Waals surface area contributed by atoms with Crippen molar-refractivity contribution in [3.8, 4) is 0 Å². The van der Waals surface area contributed by atoms with Gasteiger partial charge in [-0.05, 0) is 13.3 Å². The highest BCUT2D eigenvalue weighted by Crippen LogP contribution is 2.13. The number of hydrogen-bond donors (Lipinski definition) is 2. The van der Waals surface area contributed by atoms with Gasteiger partial charge in [0, 0.05) is 35.0 Å². The van der Waals surface area contributed by atoms with E-state index in [1.165, 1.54) is 0 Å². The lowest BCUT2D eigenvalue weighted by atomic mass is 9.95. The van der Waals surface area contributed by atoms with Crippen molar-refractivity contribution in [1.82, 2.24) is 10.3 Å². The van der Waals surface area contributed by atoms with Gasteiger partial charge in [0.05, 0.1) is 0 Å². The molecule has 0 aromatic carbocycles. The van der Waals surface area contributed by atoms with Crippen molar-refractivity contribution < 1.29 is 4.79 Å². The van der Waals surface area contributed by atoms with Gasteiger partial charge in [0.25, 0.3) is 0 Å². The molecule has 0 aliphatic carbocycles. The molecule has 0 aliphatic rings. The number of carbonyl (C=O) groups excluding carboxylic acids is 1. The molecule has 100 valence electrons. The number of aromatic amines is 1. The highest BCUT2D eigenvalue weighted by atomic mass is 16.2. The molecule has 4 heteroatoms. The van der Waals surface area contributed by atoms with Crippen molar-refractivity contribution >= 4 is 5.91 Å². The van der Waals surface area contributed by atoms with Gasteiger partial charge in [0.2, 0.25) is 5.91 Å². The van der Waals surface area contributed by atoms with E-state index in [0.29, 0.717) is 5.56 Å². The number of H-pyrrole nitrogens is 1. The van der Waals surface area contributed by atoms with E-state index in [1.54, 1.807) is 6.07 Å². The zero-order valence-electron chi connectivity index (χ0n) is 11.8. The molecule has 1 amide bonds. The fraction of sp³-hybridized carbons (Fsp3) is 0.571. The molecule has 2 N–H and O–H groups in total. The van der Waals surface area contributed by atoms with Crippen LogP contribution in [0.4, 0.5) is 0 Å². The van der Waals surface area contributed by atoms with Crippen LogP contribution in [0.15, 0.2) is 10.9 Å². The Kier molecular flexibility index (Phi) is 4.33. The average molecular weight is 250 g/mol. The summed E-state index contributed by atoms with van der Waals surface area (Å²) in [5, 5.41) is 2.81. The third-order valence-electron chi connectivity index (χ3n) is 2.82. The summed E-state index contributed by atoms with van der Waals surface area (Å²) in [7, 11) is 0. The van der Waals surface area contributed by atoms with Gasteiger partial charge in [-0.3, -0.25) is 9.59 Å². The molecule has 1 aromatic heterocycles. The molecule has 0 bridgehead atoms. The van der Waals surface area contributed by atoms with Crippen LogP contribution < -0.4 is 10.7 Å². The van der Waals surface area contributed by atoms with E-state index in [4.69, 9.17) is 0 Å². The topological polar surface area (TPSA) is 62.0 Å². The molecule has 0 spiro atoms. The second-order valence-electron chi connectivity index (χ2n) is 5.56. The largest absolute Gasteiger partial charge is 0.362 e.